The topological polar surface area (TPSA) is 46.2 Å². The number of sulfonamides is 1. The Bertz CT molecular complexity index is 489. The molecule has 0 bridgehead atoms. The van der Waals surface area contributed by atoms with Gasteiger partial charge in [0.2, 0.25) is 10.0 Å². The summed E-state index contributed by atoms with van der Waals surface area (Å²) < 4.78 is 26.5. The summed E-state index contributed by atoms with van der Waals surface area (Å²) in [5, 5.41) is 0. The molecule has 3 nitrogen and oxygen atoms in total. The maximum atomic E-state index is 12.0. The summed E-state index contributed by atoms with van der Waals surface area (Å²) in [4.78, 5) is 0.302. The van der Waals surface area contributed by atoms with E-state index in [0.29, 0.717) is 11.4 Å². The maximum Gasteiger partial charge on any atom is 0.240 e. The standard InChI is InChI=1S/C14H21NO2S/c1-4-5-6-13(3)11-15-18(16,17)14-9-7-12(2)8-10-14/h7-10,15H,3-6,11H2,1-2H3. The zero-order chi connectivity index (χ0) is 13.6. The van der Waals surface area contributed by atoms with Crippen LogP contribution in [0.4, 0.5) is 0 Å². The molecule has 0 saturated heterocycles. The average molecular weight is 267 g/mol. The number of unbranched alkanes of at least 4 members (excludes halogenated alkanes) is 1. The van der Waals surface area contributed by atoms with E-state index in [-0.39, 0.29) is 0 Å². The van der Waals surface area contributed by atoms with E-state index in [1.165, 1.54) is 0 Å². The fourth-order valence-corrected chi connectivity index (χ4v) is 2.57. The third-order valence-electron chi connectivity index (χ3n) is 2.73. The fraction of sp³-hybridized carbons (Fsp3) is 0.429. The molecule has 18 heavy (non-hydrogen) atoms. The van der Waals surface area contributed by atoms with Gasteiger partial charge in [0.25, 0.3) is 0 Å². The lowest BCUT2D eigenvalue weighted by molar-refractivity contribution is 0.583. The SMILES string of the molecule is C=C(CCCC)CNS(=O)(=O)c1ccc(C)cc1. The predicted octanol–water partition coefficient (Wildman–Crippen LogP) is 3.02. The molecule has 0 aliphatic carbocycles. The van der Waals surface area contributed by atoms with Crippen molar-refractivity contribution in [2.24, 2.45) is 0 Å². The number of benzene rings is 1. The minimum Gasteiger partial charge on any atom is -0.207 e. The molecule has 0 radical (unpaired) electrons. The average Bonchev–Trinajstić information content (AvgIpc) is 2.34. The van der Waals surface area contributed by atoms with E-state index in [4.69, 9.17) is 0 Å². The summed E-state index contributed by atoms with van der Waals surface area (Å²) in [5.74, 6) is 0. The number of hydrogen-bond donors (Lipinski definition) is 1. The summed E-state index contributed by atoms with van der Waals surface area (Å²) in [5.41, 5.74) is 1.97. The largest absolute Gasteiger partial charge is 0.240 e. The molecule has 0 fully saturated rings. The lowest BCUT2D eigenvalue weighted by atomic mass is 10.1. The van der Waals surface area contributed by atoms with Gasteiger partial charge in [0.15, 0.2) is 0 Å². The van der Waals surface area contributed by atoms with Crippen LogP contribution in [0.1, 0.15) is 31.7 Å². The zero-order valence-electron chi connectivity index (χ0n) is 11.1. The van der Waals surface area contributed by atoms with Gasteiger partial charge in [0, 0.05) is 6.54 Å². The number of rotatable bonds is 7. The van der Waals surface area contributed by atoms with Gasteiger partial charge in [-0.1, -0.05) is 43.2 Å². The van der Waals surface area contributed by atoms with Crippen molar-refractivity contribution in [3.05, 3.63) is 42.0 Å². The molecule has 0 saturated carbocycles. The highest BCUT2D eigenvalue weighted by atomic mass is 32.2. The Balaban J connectivity index is 2.60. The van der Waals surface area contributed by atoms with Gasteiger partial charge in [0.05, 0.1) is 4.90 Å². The van der Waals surface area contributed by atoms with Crippen LogP contribution in [0.15, 0.2) is 41.3 Å². The molecule has 1 rings (SSSR count). The van der Waals surface area contributed by atoms with Gasteiger partial charge in [0.1, 0.15) is 0 Å². The second-order valence-corrected chi connectivity index (χ2v) is 6.26. The maximum absolute atomic E-state index is 12.0. The Labute approximate surface area is 110 Å². The molecule has 4 heteroatoms. The summed E-state index contributed by atoms with van der Waals surface area (Å²) in [6, 6.07) is 6.82. The predicted molar refractivity (Wildman–Crippen MR) is 75.0 cm³/mol. The van der Waals surface area contributed by atoms with Crippen LogP contribution in [0, 0.1) is 6.92 Å². The third-order valence-corrected chi connectivity index (χ3v) is 4.14. The van der Waals surface area contributed by atoms with E-state index in [2.05, 4.69) is 18.2 Å². The van der Waals surface area contributed by atoms with Crippen molar-refractivity contribution >= 4 is 10.0 Å². The molecule has 0 aliphatic heterocycles. The van der Waals surface area contributed by atoms with Crippen LogP contribution in [-0.4, -0.2) is 15.0 Å². The number of aryl methyl sites for hydroxylation is 1. The van der Waals surface area contributed by atoms with Crippen molar-refractivity contribution < 1.29 is 8.42 Å². The fourth-order valence-electron chi connectivity index (χ4n) is 1.51. The highest BCUT2D eigenvalue weighted by molar-refractivity contribution is 7.89. The highest BCUT2D eigenvalue weighted by Crippen LogP contribution is 2.11. The lowest BCUT2D eigenvalue weighted by Crippen LogP contribution is -2.25. The van der Waals surface area contributed by atoms with Gasteiger partial charge in [-0.25, -0.2) is 13.1 Å². The van der Waals surface area contributed by atoms with E-state index < -0.39 is 10.0 Å². The molecule has 0 spiro atoms. The Morgan fingerprint density at radius 2 is 1.89 bits per heavy atom. The second kappa shape index (κ2) is 6.71. The van der Waals surface area contributed by atoms with E-state index in [0.717, 1.165) is 30.4 Å². The normalized spacial score (nSPS) is 11.4. The monoisotopic (exact) mass is 267 g/mol. The molecule has 0 atom stereocenters. The van der Waals surface area contributed by atoms with Crippen molar-refractivity contribution in [3.63, 3.8) is 0 Å². The Morgan fingerprint density at radius 1 is 1.28 bits per heavy atom. The minimum absolute atomic E-state index is 0.302. The molecule has 0 unspecified atom stereocenters. The first-order valence-electron chi connectivity index (χ1n) is 6.18. The van der Waals surface area contributed by atoms with E-state index in [9.17, 15) is 8.42 Å². The van der Waals surface area contributed by atoms with Crippen LogP contribution in [0.25, 0.3) is 0 Å². The van der Waals surface area contributed by atoms with E-state index in [1.807, 2.05) is 6.92 Å². The first kappa shape index (κ1) is 14.9. The molecular weight excluding hydrogens is 246 g/mol. The second-order valence-electron chi connectivity index (χ2n) is 4.49. The summed E-state index contributed by atoms with van der Waals surface area (Å²) >= 11 is 0. The van der Waals surface area contributed by atoms with Gasteiger partial charge >= 0.3 is 0 Å². The lowest BCUT2D eigenvalue weighted by Gasteiger charge is -2.08. The molecule has 1 aromatic rings. The molecule has 0 aromatic heterocycles. The van der Waals surface area contributed by atoms with Gasteiger partial charge < -0.3 is 0 Å². The minimum atomic E-state index is -3.41. The number of nitrogens with one attached hydrogen (secondary N) is 1. The highest BCUT2D eigenvalue weighted by Gasteiger charge is 2.13. The van der Waals surface area contributed by atoms with Crippen LogP contribution < -0.4 is 4.72 Å². The Morgan fingerprint density at radius 3 is 2.44 bits per heavy atom. The third kappa shape index (κ3) is 4.63. The van der Waals surface area contributed by atoms with Crippen LogP contribution in [0.5, 0.6) is 0 Å². The summed E-state index contributed by atoms with van der Waals surface area (Å²) in [6.07, 6.45) is 3.00. The molecule has 1 N–H and O–H groups in total. The molecule has 100 valence electrons. The van der Waals surface area contributed by atoms with Crippen molar-refractivity contribution in [1.82, 2.24) is 4.72 Å². The van der Waals surface area contributed by atoms with Crippen LogP contribution in [0.2, 0.25) is 0 Å². The van der Waals surface area contributed by atoms with Gasteiger partial charge in [-0.15, -0.1) is 0 Å². The summed E-state index contributed by atoms with van der Waals surface area (Å²) in [7, 11) is -3.41. The molecule has 1 aromatic carbocycles. The van der Waals surface area contributed by atoms with Crippen molar-refractivity contribution in [2.75, 3.05) is 6.54 Å². The summed E-state index contributed by atoms with van der Waals surface area (Å²) in [6.45, 7) is 8.22. The molecule has 0 amide bonds. The molecule has 0 aliphatic rings. The Kier molecular flexibility index (Phi) is 5.56. The van der Waals surface area contributed by atoms with Crippen molar-refractivity contribution in [2.45, 2.75) is 38.0 Å². The first-order chi connectivity index (χ1) is 8.45. The first-order valence-corrected chi connectivity index (χ1v) is 7.67. The Hall–Kier alpha value is -1.13. The van der Waals surface area contributed by atoms with E-state index in [1.54, 1.807) is 24.3 Å². The molecular formula is C14H21NO2S. The van der Waals surface area contributed by atoms with E-state index >= 15 is 0 Å². The van der Waals surface area contributed by atoms with Gasteiger partial charge in [-0.2, -0.15) is 0 Å². The van der Waals surface area contributed by atoms with Crippen LogP contribution in [-0.2, 0) is 10.0 Å². The van der Waals surface area contributed by atoms with Crippen LogP contribution >= 0.6 is 0 Å². The van der Waals surface area contributed by atoms with Gasteiger partial charge in [-0.05, 0) is 31.9 Å². The van der Waals surface area contributed by atoms with Crippen LogP contribution in [0.3, 0.4) is 0 Å². The number of hydrogen-bond acceptors (Lipinski definition) is 2. The zero-order valence-corrected chi connectivity index (χ0v) is 11.9. The molecule has 0 heterocycles. The quantitative estimate of drug-likeness (QED) is 0.772. The van der Waals surface area contributed by atoms with Crippen molar-refractivity contribution in [3.8, 4) is 0 Å². The van der Waals surface area contributed by atoms with Crippen molar-refractivity contribution in [1.29, 1.82) is 0 Å². The van der Waals surface area contributed by atoms with Gasteiger partial charge in [-0.3, -0.25) is 0 Å². The smallest absolute Gasteiger partial charge is 0.207 e.